The summed E-state index contributed by atoms with van der Waals surface area (Å²) in [6.07, 6.45) is 1.49. The van der Waals surface area contributed by atoms with Crippen molar-refractivity contribution in [1.29, 1.82) is 0 Å². The zero-order valence-corrected chi connectivity index (χ0v) is 41.5. The van der Waals surface area contributed by atoms with Gasteiger partial charge in [-0.15, -0.1) is 0 Å². The fourth-order valence-corrected chi connectivity index (χ4v) is 8.06. The monoisotopic (exact) mass is 873 g/mol. The molecule has 0 N–H and O–H groups in total. The summed E-state index contributed by atoms with van der Waals surface area (Å²) in [5, 5.41) is 0. The van der Waals surface area contributed by atoms with E-state index in [1.807, 2.05) is 0 Å². The molecule has 0 saturated heterocycles. The van der Waals surface area contributed by atoms with Crippen molar-refractivity contribution in [2.24, 2.45) is 0 Å². The number of benzene rings is 4. The molecule has 0 aliphatic heterocycles. The minimum atomic E-state index is -0.272. The fourth-order valence-electron chi connectivity index (χ4n) is 8.06. The second-order valence-electron chi connectivity index (χ2n) is 22.2. The van der Waals surface area contributed by atoms with Crippen molar-refractivity contribution in [3.05, 3.63) is 115 Å². The number of ketones is 4. The van der Waals surface area contributed by atoms with E-state index in [9.17, 15) is 19.2 Å². The van der Waals surface area contributed by atoms with Gasteiger partial charge in [0.25, 0.3) is 0 Å². The first-order valence-electron chi connectivity index (χ1n) is 22.6. The Kier molecular flexibility index (Phi) is 14.8. The van der Waals surface area contributed by atoms with Gasteiger partial charge in [-0.2, -0.15) is 0 Å². The highest BCUT2D eigenvalue weighted by atomic mass is 16.5. The smallest absolute Gasteiger partial charge is 0.167 e. The van der Waals surface area contributed by atoms with E-state index in [-0.39, 0.29) is 71.2 Å². The van der Waals surface area contributed by atoms with Gasteiger partial charge in [-0.25, -0.2) is 0 Å². The lowest BCUT2D eigenvalue weighted by atomic mass is 9.79. The third-order valence-electron chi connectivity index (χ3n) is 11.6. The molecule has 4 aromatic carbocycles. The minimum Gasteiger partial charge on any atom is -0.485 e. The SMILES string of the molecule is CC(=O)COc1c2cc(C(C)(C)C)cc1Cc1cc(C(C)(C)C)cc(c1OCC(C)=O)Cc1cc(C(C)(C)C)cc(c1OCC(C)=O)Cc1cc(C(C)(C)C)cc(c1OCC(C)=O)C2. The quantitative estimate of drug-likeness (QED) is 0.122. The van der Waals surface area contributed by atoms with E-state index >= 15 is 0 Å². The Morgan fingerprint density at radius 2 is 0.469 bits per heavy atom. The highest BCUT2D eigenvalue weighted by Crippen LogP contribution is 2.44. The number of hydrogen-bond donors (Lipinski definition) is 0. The Hall–Kier alpha value is -5.24. The summed E-state index contributed by atoms with van der Waals surface area (Å²) in [7, 11) is 0. The number of carbonyl (C=O) groups is 4. The van der Waals surface area contributed by atoms with Crippen LogP contribution < -0.4 is 18.9 Å². The van der Waals surface area contributed by atoms with Crippen LogP contribution in [0.5, 0.6) is 23.0 Å². The van der Waals surface area contributed by atoms with Crippen LogP contribution in [-0.2, 0) is 66.5 Å². The molecule has 4 aromatic rings. The molecule has 1 aliphatic rings. The van der Waals surface area contributed by atoms with Crippen LogP contribution >= 0.6 is 0 Å². The van der Waals surface area contributed by atoms with E-state index in [1.165, 1.54) is 27.7 Å². The zero-order chi connectivity index (χ0) is 47.7. The molecule has 0 unspecified atom stereocenters. The van der Waals surface area contributed by atoms with Gasteiger partial charge in [0.15, 0.2) is 23.1 Å². The molecule has 0 spiro atoms. The molecule has 8 heteroatoms. The summed E-state index contributed by atoms with van der Waals surface area (Å²) in [5.74, 6) is 1.99. The number of rotatable bonds is 12. The topological polar surface area (TPSA) is 105 Å². The third-order valence-corrected chi connectivity index (χ3v) is 11.6. The van der Waals surface area contributed by atoms with Gasteiger partial charge >= 0.3 is 0 Å². The van der Waals surface area contributed by atoms with Crippen LogP contribution in [0.1, 0.15) is 178 Å². The summed E-state index contributed by atoms with van der Waals surface area (Å²) < 4.78 is 26.5. The van der Waals surface area contributed by atoms with Crippen molar-refractivity contribution in [3.8, 4) is 23.0 Å². The van der Waals surface area contributed by atoms with Gasteiger partial charge in [0.05, 0.1) is 0 Å². The number of ether oxygens (including phenoxy) is 4. The molecular formula is C56H72O8. The average molecular weight is 873 g/mol. The van der Waals surface area contributed by atoms with E-state index in [1.54, 1.807) is 0 Å². The largest absolute Gasteiger partial charge is 0.485 e. The summed E-state index contributed by atoms with van der Waals surface area (Å²) in [4.78, 5) is 50.9. The van der Waals surface area contributed by atoms with Crippen molar-refractivity contribution in [2.45, 2.75) is 158 Å². The molecule has 8 nitrogen and oxygen atoms in total. The Balaban J connectivity index is 2.05. The summed E-state index contributed by atoms with van der Waals surface area (Å²) in [5.41, 5.74) is 10.3. The molecule has 344 valence electrons. The van der Waals surface area contributed by atoms with Gasteiger partial charge in [0, 0.05) is 25.7 Å². The highest BCUT2D eigenvalue weighted by Gasteiger charge is 2.30. The van der Waals surface area contributed by atoms with Crippen LogP contribution in [-0.4, -0.2) is 49.6 Å². The number of carbonyl (C=O) groups excluding carboxylic acids is 4. The van der Waals surface area contributed by atoms with E-state index in [4.69, 9.17) is 18.9 Å². The molecule has 0 aromatic heterocycles. The van der Waals surface area contributed by atoms with Gasteiger partial charge in [-0.05, 0) is 116 Å². The maximum Gasteiger partial charge on any atom is 0.167 e. The summed E-state index contributed by atoms with van der Waals surface area (Å²) >= 11 is 0. The molecule has 8 bridgehead atoms. The van der Waals surface area contributed by atoms with E-state index in [2.05, 4.69) is 132 Å². The van der Waals surface area contributed by atoms with Crippen molar-refractivity contribution in [2.75, 3.05) is 26.4 Å². The van der Waals surface area contributed by atoms with Gasteiger partial charge < -0.3 is 18.9 Å². The third kappa shape index (κ3) is 12.5. The minimum absolute atomic E-state index is 0.109. The van der Waals surface area contributed by atoms with Crippen molar-refractivity contribution in [3.63, 3.8) is 0 Å². The lowest BCUT2D eigenvalue weighted by Gasteiger charge is -2.29. The van der Waals surface area contributed by atoms with Crippen molar-refractivity contribution in [1.82, 2.24) is 0 Å². The Labute approximate surface area is 382 Å². The van der Waals surface area contributed by atoms with Crippen LogP contribution in [0.4, 0.5) is 0 Å². The molecule has 64 heavy (non-hydrogen) atoms. The standard InChI is InChI=1S/C56H72O8/c1-33(57)29-61-49-37-17-39-23-46(54(8,9)10)25-41(50(39)62-30-34(2)58)19-43-27-48(56(14,15)16)28-44(52(43)64-32-36(4)60)20-42-26-47(55(11,12)13)24-40(51(42)63-31-35(3)59)18-38(49)22-45(21-37)53(5,6)7/h21-28H,17-20,29-32H2,1-16H3. The predicted molar refractivity (Wildman–Crippen MR) is 256 cm³/mol. The lowest BCUT2D eigenvalue weighted by molar-refractivity contribution is -0.119. The fraction of sp³-hybridized carbons (Fsp3) is 0.500. The molecule has 0 amide bonds. The van der Waals surface area contributed by atoms with E-state index in [0.29, 0.717) is 48.7 Å². The average Bonchev–Trinajstić information content (AvgIpc) is 3.13. The van der Waals surface area contributed by atoms with Gasteiger partial charge in [0.2, 0.25) is 0 Å². The normalized spacial score (nSPS) is 13.2. The molecule has 0 atom stereocenters. The molecule has 0 radical (unpaired) electrons. The van der Waals surface area contributed by atoms with Gasteiger partial charge in [-0.3, -0.25) is 19.2 Å². The second-order valence-corrected chi connectivity index (χ2v) is 22.2. The number of fused-ring (bicyclic) bond motifs is 8. The van der Waals surface area contributed by atoms with Crippen LogP contribution in [0.3, 0.4) is 0 Å². The first kappa shape index (κ1) is 49.8. The molecule has 1 aliphatic carbocycles. The molecule has 5 rings (SSSR count). The Bertz CT molecular complexity index is 2000. The van der Waals surface area contributed by atoms with Crippen molar-refractivity contribution < 1.29 is 38.1 Å². The maximum absolute atomic E-state index is 12.7. The van der Waals surface area contributed by atoms with Crippen LogP contribution in [0.15, 0.2) is 48.5 Å². The number of Topliss-reactive ketones (excluding diaryl/α,β-unsaturated/α-hetero) is 4. The predicted octanol–water partition coefficient (Wildman–Crippen LogP) is 11.4. The van der Waals surface area contributed by atoms with E-state index < -0.39 is 0 Å². The molecule has 0 fully saturated rings. The molecule has 0 saturated carbocycles. The molecule has 0 heterocycles. The Morgan fingerprint density at radius 1 is 0.328 bits per heavy atom. The summed E-state index contributed by atoms with van der Waals surface area (Å²) in [6, 6.07) is 17.4. The highest BCUT2D eigenvalue weighted by molar-refractivity contribution is 5.79. The van der Waals surface area contributed by atoms with Crippen LogP contribution in [0.2, 0.25) is 0 Å². The number of hydrogen-bond acceptors (Lipinski definition) is 8. The van der Waals surface area contributed by atoms with Crippen molar-refractivity contribution >= 4 is 23.1 Å². The zero-order valence-electron chi connectivity index (χ0n) is 41.5. The van der Waals surface area contributed by atoms with Crippen LogP contribution in [0.25, 0.3) is 0 Å². The second kappa shape index (κ2) is 19.1. The van der Waals surface area contributed by atoms with Gasteiger partial charge in [0.1, 0.15) is 49.4 Å². The maximum atomic E-state index is 12.7. The van der Waals surface area contributed by atoms with E-state index in [0.717, 1.165) is 66.8 Å². The van der Waals surface area contributed by atoms with Crippen LogP contribution in [0, 0.1) is 0 Å². The summed E-state index contributed by atoms with van der Waals surface area (Å²) in [6.45, 7) is 31.8. The van der Waals surface area contributed by atoms with Gasteiger partial charge in [-0.1, -0.05) is 132 Å². The Morgan fingerprint density at radius 3 is 0.578 bits per heavy atom. The lowest BCUT2D eigenvalue weighted by Crippen LogP contribution is -2.19. The molecular weight excluding hydrogens is 801 g/mol. The first-order chi connectivity index (χ1) is 29.5. The first-order valence-corrected chi connectivity index (χ1v) is 22.6.